The first-order valence-corrected chi connectivity index (χ1v) is 10.4. The Hall–Kier alpha value is 0.1000. The van der Waals surface area contributed by atoms with Crippen molar-refractivity contribution in [3.8, 4) is 0 Å². The van der Waals surface area contributed by atoms with Crippen LogP contribution in [0.1, 0.15) is 6.92 Å². The van der Waals surface area contributed by atoms with E-state index in [-0.39, 0.29) is 33.8 Å². The fourth-order valence-corrected chi connectivity index (χ4v) is 4.93. The maximum atomic E-state index is 12.1. The number of nitrogens with one attached hydrogen (secondary N) is 2. The largest absolute Gasteiger partial charge is 0.243 e. The smallest absolute Gasteiger partial charge is 0.214 e. The van der Waals surface area contributed by atoms with Crippen LogP contribution in [0.4, 0.5) is 0 Å². The third-order valence-electron chi connectivity index (χ3n) is 2.35. The lowest BCUT2D eigenvalue weighted by Gasteiger charge is -2.11. The van der Waals surface area contributed by atoms with E-state index < -0.39 is 20.0 Å². The fraction of sp³-hybridized carbons (Fsp3) is 0.400. The van der Waals surface area contributed by atoms with Gasteiger partial charge in [0.2, 0.25) is 20.0 Å². The molecule has 1 aromatic carbocycles. The van der Waals surface area contributed by atoms with Gasteiger partial charge in [-0.25, -0.2) is 26.3 Å². The molecule has 0 saturated carbocycles. The molecule has 0 amide bonds. The Kier molecular flexibility index (Phi) is 6.91. The second kappa shape index (κ2) is 7.58. The van der Waals surface area contributed by atoms with Crippen LogP contribution in [0, 0.1) is 0 Å². The fourth-order valence-electron chi connectivity index (χ4n) is 1.35. The van der Waals surface area contributed by atoms with Crippen molar-refractivity contribution in [2.75, 3.05) is 18.8 Å². The average molecular weight is 440 g/mol. The second-order valence-electron chi connectivity index (χ2n) is 3.89. The highest BCUT2D eigenvalue weighted by Crippen LogP contribution is 2.32. The lowest BCUT2D eigenvalue weighted by Crippen LogP contribution is -2.35. The summed E-state index contributed by atoms with van der Waals surface area (Å²) in [6.07, 6.45) is 0. The van der Waals surface area contributed by atoms with Crippen molar-refractivity contribution < 1.29 is 16.8 Å². The zero-order valence-electron chi connectivity index (χ0n) is 10.9. The average Bonchev–Trinajstić information content (AvgIpc) is 2.33. The summed E-state index contributed by atoms with van der Waals surface area (Å²) in [6, 6.07) is 2.81. The molecule has 0 aliphatic rings. The van der Waals surface area contributed by atoms with E-state index in [9.17, 15) is 16.8 Å². The number of rotatable bonds is 7. The first-order chi connectivity index (χ1) is 9.59. The van der Waals surface area contributed by atoms with Crippen LogP contribution in [-0.2, 0) is 20.0 Å². The van der Waals surface area contributed by atoms with E-state index >= 15 is 0 Å². The van der Waals surface area contributed by atoms with E-state index in [2.05, 4.69) is 25.4 Å². The van der Waals surface area contributed by atoms with E-state index in [0.29, 0.717) is 4.47 Å². The quantitative estimate of drug-likeness (QED) is 0.635. The van der Waals surface area contributed by atoms with Crippen molar-refractivity contribution in [2.45, 2.75) is 11.8 Å². The first-order valence-electron chi connectivity index (χ1n) is 5.70. The summed E-state index contributed by atoms with van der Waals surface area (Å²) in [4.78, 5) is -0.243. The Balaban J connectivity index is 2.80. The number of benzene rings is 1. The number of hydrogen-bond donors (Lipinski definition) is 2. The molecule has 21 heavy (non-hydrogen) atoms. The molecule has 120 valence electrons. The van der Waals surface area contributed by atoms with E-state index in [1.165, 1.54) is 19.1 Å². The molecule has 11 heteroatoms. The van der Waals surface area contributed by atoms with Crippen LogP contribution in [0.2, 0.25) is 10.0 Å². The molecule has 0 aliphatic heterocycles. The molecular weight excluding hydrogens is 427 g/mol. The van der Waals surface area contributed by atoms with Crippen LogP contribution >= 0.6 is 39.1 Å². The highest BCUT2D eigenvalue weighted by Gasteiger charge is 2.22. The third kappa shape index (κ3) is 5.66. The predicted molar refractivity (Wildman–Crippen MR) is 86.8 cm³/mol. The highest BCUT2D eigenvalue weighted by molar-refractivity contribution is 9.10. The summed E-state index contributed by atoms with van der Waals surface area (Å²) in [5.41, 5.74) is 0. The maximum absolute atomic E-state index is 12.1. The van der Waals surface area contributed by atoms with Gasteiger partial charge in [0.05, 0.1) is 15.8 Å². The second-order valence-corrected chi connectivity index (χ2v) is 9.42. The van der Waals surface area contributed by atoms with E-state index in [1.54, 1.807) is 0 Å². The van der Waals surface area contributed by atoms with Gasteiger partial charge in [-0.2, -0.15) is 0 Å². The van der Waals surface area contributed by atoms with Crippen LogP contribution < -0.4 is 9.44 Å². The van der Waals surface area contributed by atoms with Crippen molar-refractivity contribution in [3.63, 3.8) is 0 Å². The molecule has 2 N–H and O–H groups in total. The summed E-state index contributed by atoms with van der Waals surface area (Å²) in [6.45, 7) is 1.29. The Bertz CT molecular complexity index is 700. The molecule has 0 aliphatic carbocycles. The summed E-state index contributed by atoms with van der Waals surface area (Å²) < 4.78 is 51.6. The Morgan fingerprint density at radius 1 is 1.05 bits per heavy atom. The van der Waals surface area contributed by atoms with Crippen LogP contribution in [-0.4, -0.2) is 35.7 Å². The van der Waals surface area contributed by atoms with Crippen molar-refractivity contribution in [3.05, 3.63) is 26.7 Å². The minimum atomic E-state index is -3.93. The van der Waals surface area contributed by atoms with Crippen LogP contribution in [0.25, 0.3) is 0 Å². The molecule has 0 saturated heterocycles. The van der Waals surface area contributed by atoms with Crippen LogP contribution in [0.3, 0.4) is 0 Å². The molecule has 6 nitrogen and oxygen atoms in total. The molecule has 1 aromatic rings. The maximum Gasteiger partial charge on any atom is 0.243 e. The number of sulfonamides is 2. The lowest BCUT2D eigenvalue weighted by atomic mass is 10.4. The van der Waals surface area contributed by atoms with Gasteiger partial charge in [-0.05, 0) is 19.1 Å². The first kappa shape index (κ1) is 19.1. The van der Waals surface area contributed by atoms with Gasteiger partial charge < -0.3 is 0 Å². The molecule has 0 bridgehead atoms. The van der Waals surface area contributed by atoms with Crippen LogP contribution in [0.5, 0.6) is 0 Å². The lowest BCUT2D eigenvalue weighted by molar-refractivity contribution is 0.571. The normalized spacial score (nSPS) is 12.6. The van der Waals surface area contributed by atoms with Gasteiger partial charge in [-0.3, -0.25) is 0 Å². The monoisotopic (exact) mass is 438 g/mol. The van der Waals surface area contributed by atoms with Gasteiger partial charge in [0, 0.05) is 17.6 Å². The molecule has 0 unspecified atom stereocenters. The minimum Gasteiger partial charge on any atom is -0.214 e. The summed E-state index contributed by atoms with van der Waals surface area (Å²) in [5, 5.41) is -0.0629. The third-order valence-corrected chi connectivity index (χ3v) is 6.59. The van der Waals surface area contributed by atoms with Gasteiger partial charge in [-0.1, -0.05) is 39.1 Å². The number of hydrogen-bond acceptors (Lipinski definition) is 4. The zero-order valence-corrected chi connectivity index (χ0v) is 15.6. The van der Waals surface area contributed by atoms with Crippen molar-refractivity contribution in [2.24, 2.45) is 0 Å². The van der Waals surface area contributed by atoms with E-state index in [4.69, 9.17) is 23.2 Å². The Morgan fingerprint density at radius 3 is 2.00 bits per heavy atom. The SMILES string of the molecule is CCS(=O)(=O)NCCNS(=O)(=O)c1c(Cl)cc(Br)cc1Cl. The Morgan fingerprint density at radius 2 is 1.52 bits per heavy atom. The van der Waals surface area contributed by atoms with E-state index in [1.807, 2.05) is 0 Å². The molecular formula is C10H13BrCl2N2O4S2. The predicted octanol–water partition coefficient (Wildman–Crippen LogP) is 1.97. The topological polar surface area (TPSA) is 92.3 Å². The Labute approximate surface area is 142 Å². The summed E-state index contributed by atoms with van der Waals surface area (Å²) in [7, 11) is -7.30. The zero-order chi connectivity index (χ0) is 16.3. The van der Waals surface area contributed by atoms with E-state index in [0.717, 1.165) is 0 Å². The van der Waals surface area contributed by atoms with Gasteiger partial charge in [0.15, 0.2) is 0 Å². The van der Waals surface area contributed by atoms with Crippen molar-refractivity contribution in [1.82, 2.24) is 9.44 Å². The molecule has 0 fully saturated rings. The number of halogens is 3. The van der Waals surface area contributed by atoms with Gasteiger partial charge in [0.1, 0.15) is 4.90 Å². The van der Waals surface area contributed by atoms with Gasteiger partial charge in [-0.15, -0.1) is 0 Å². The van der Waals surface area contributed by atoms with Crippen molar-refractivity contribution in [1.29, 1.82) is 0 Å². The molecule has 0 aromatic heterocycles. The summed E-state index contributed by atoms with van der Waals surface area (Å²) >= 11 is 14.9. The molecule has 1 rings (SSSR count). The highest BCUT2D eigenvalue weighted by atomic mass is 79.9. The van der Waals surface area contributed by atoms with Gasteiger partial charge in [0.25, 0.3) is 0 Å². The molecule has 0 atom stereocenters. The molecule has 0 spiro atoms. The van der Waals surface area contributed by atoms with Crippen LogP contribution in [0.15, 0.2) is 21.5 Å². The minimum absolute atomic E-state index is 0.0315. The standard InChI is InChI=1S/C10H13BrCl2N2O4S2/c1-2-20(16,17)14-3-4-15-21(18,19)10-8(12)5-7(11)6-9(10)13/h5-6,14-15H,2-4H2,1H3. The molecule has 0 radical (unpaired) electrons. The molecule has 0 heterocycles. The van der Waals surface area contributed by atoms with Gasteiger partial charge >= 0.3 is 0 Å². The summed E-state index contributed by atoms with van der Waals surface area (Å²) in [5.74, 6) is -0.0792. The van der Waals surface area contributed by atoms with Crippen molar-refractivity contribution >= 4 is 59.2 Å².